The van der Waals surface area contributed by atoms with Gasteiger partial charge in [-0.1, -0.05) is 115 Å². The van der Waals surface area contributed by atoms with Crippen molar-refractivity contribution in [2.45, 2.75) is 0 Å². The highest BCUT2D eigenvalue weighted by Gasteiger charge is 2.21. The molecule has 0 saturated heterocycles. The Kier molecular flexibility index (Phi) is 5.13. The maximum atomic E-state index is 6.31. The molecule has 1 aromatic heterocycles. The fraction of sp³-hybridized carbons (Fsp3) is 0. The van der Waals surface area contributed by atoms with E-state index in [-0.39, 0.29) is 0 Å². The van der Waals surface area contributed by atoms with E-state index in [1.807, 2.05) is 23.5 Å². The van der Waals surface area contributed by atoms with Crippen LogP contribution in [0.15, 0.2) is 146 Å². The molecule has 0 spiro atoms. The summed E-state index contributed by atoms with van der Waals surface area (Å²) < 4.78 is 6.31. The van der Waals surface area contributed by atoms with Crippen LogP contribution >= 0.6 is 11.3 Å². The topological polar surface area (TPSA) is 9.23 Å². The van der Waals surface area contributed by atoms with Crippen molar-refractivity contribution in [3.05, 3.63) is 146 Å². The number of thiophene rings is 1. The van der Waals surface area contributed by atoms with E-state index in [1.165, 1.54) is 69.9 Å². The van der Waals surface area contributed by atoms with Crippen LogP contribution in [0.4, 0.5) is 0 Å². The van der Waals surface area contributed by atoms with Gasteiger partial charge < -0.3 is 4.74 Å². The Hall–Kier alpha value is -5.18. The van der Waals surface area contributed by atoms with Crippen LogP contribution < -0.4 is 4.74 Å². The van der Waals surface area contributed by atoms with Crippen molar-refractivity contribution in [2.24, 2.45) is 0 Å². The van der Waals surface area contributed by atoms with Crippen LogP contribution in [-0.2, 0) is 0 Å². The van der Waals surface area contributed by atoms with Crippen LogP contribution in [0.2, 0.25) is 0 Å². The van der Waals surface area contributed by atoms with E-state index in [9.17, 15) is 0 Å². The van der Waals surface area contributed by atoms with Gasteiger partial charge in [-0.05, 0) is 85.1 Å². The molecule has 0 N–H and O–H groups in total. The number of hydrogen-bond acceptors (Lipinski definition) is 2. The molecule has 8 aromatic rings. The molecule has 0 unspecified atom stereocenters. The average Bonchev–Trinajstić information content (AvgIpc) is 3.55. The molecule has 1 aliphatic rings. The van der Waals surface area contributed by atoms with E-state index < -0.39 is 0 Å². The van der Waals surface area contributed by atoms with Crippen molar-refractivity contribution < 1.29 is 4.74 Å². The second-order valence-electron chi connectivity index (χ2n) is 10.9. The minimum absolute atomic E-state index is 0.920. The standard InChI is InChI=1S/C40H24OS/c1-2-8-28-25(7-1)19-20-31-29(10-5-11-30(28)31)26-15-17-27(18-16-26)38-23-24-39(42-38)33-21-22-37-40-34(12-6-13-35(33)40)32-9-3-4-14-36(32)41-37/h1-24H. The van der Waals surface area contributed by atoms with Crippen LogP contribution in [0, 0.1) is 0 Å². The molecule has 0 aliphatic carbocycles. The first-order chi connectivity index (χ1) is 20.8. The lowest BCUT2D eigenvalue weighted by Crippen LogP contribution is -1.97. The van der Waals surface area contributed by atoms with Gasteiger partial charge in [0.15, 0.2) is 0 Å². The van der Waals surface area contributed by atoms with Crippen LogP contribution in [0.5, 0.6) is 11.5 Å². The third-order valence-electron chi connectivity index (χ3n) is 8.54. The molecule has 0 saturated carbocycles. The van der Waals surface area contributed by atoms with Gasteiger partial charge in [0.25, 0.3) is 0 Å². The minimum Gasteiger partial charge on any atom is -0.456 e. The van der Waals surface area contributed by atoms with E-state index in [4.69, 9.17) is 4.74 Å². The second-order valence-corrected chi connectivity index (χ2v) is 12.0. The predicted molar refractivity (Wildman–Crippen MR) is 179 cm³/mol. The molecule has 42 heavy (non-hydrogen) atoms. The smallest absolute Gasteiger partial charge is 0.135 e. The molecule has 1 nitrogen and oxygen atoms in total. The third-order valence-corrected chi connectivity index (χ3v) is 9.71. The van der Waals surface area contributed by atoms with E-state index in [1.54, 1.807) is 0 Å². The Morgan fingerprint density at radius 1 is 0.357 bits per heavy atom. The maximum absolute atomic E-state index is 6.31. The largest absolute Gasteiger partial charge is 0.456 e. The number of hydrogen-bond donors (Lipinski definition) is 0. The van der Waals surface area contributed by atoms with Gasteiger partial charge in [-0.25, -0.2) is 0 Å². The van der Waals surface area contributed by atoms with Gasteiger partial charge in [-0.2, -0.15) is 0 Å². The van der Waals surface area contributed by atoms with Gasteiger partial charge in [0.1, 0.15) is 11.5 Å². The van der Waals surface area contributed by atoms with Crippen molar-refractivity contribution in [3.63, 3.8) is 0 Å². The molecular formula is C40H24OS. The lowest BCUT2D eigenvalue weighted by atomic mass is 9.92. The average molecular weight is 553 g/mol. The first-order valence-electron chi connectivity index (χ1n) is 14.3. The number of ether oxygens (including phenoxy) is 1. The van der Waals surface area contributed by atoms with Gasteiger partial charge in [-0.3, -0.25) is 0 Å². The zero-order valence-corrected chi connectivity index (χ0v) is 23.5. The summed E-state index contributed by atoms with van der Waals surface area (Å²) in [5, 5.41) is 7.58. The number of benzene rings is 7. The van der Waals surface area contributed by atoms with E-state index in [0.29, 0.717) is 0 Å². The molecular weight excluding hydrogens is 529 g/mol. The van der Waals surface area contributed by atoms with Gasteiger partial charge >= 0.3 is 0 Å². The van der Waals surface area contributed by atoms with Gasteiger partial charge in [-0.15, -0.1) is 11.3 Å². The first kappa shape index (κ1) is 23.5. The summed E-state index contributed by atoms with van der Waals surface area (Å²) in [4.78, 5) is 2.53. The van der Waals surface area contributed by atoms with E-state index in [2.05, 4.69) is 133 Å². The zero-order valence-electron chi connectivity index (χ0n) is 22.7. The van der Waals surface area contributed by atoms with Gasteiger partial charge in [0.2, 0.25) is 0 Å². The molecule has 0 atom stereocenters. The summed E-state index contributed by atoms with van der Waals surface area (Å²) in [6.07, 6.45) is 0. The Balaban J connectivity index is 1.09. The minimum atomic E-state index is 0.920. The fourth-order valence-corrected chi connectivity index (χ4v) is 7.59. The maximum Gasteiger partial charge on any atom is 0.135 e. The van der Waals surface area contributed by atoms with E-state index >= 15 is 0 Å². The molecule has 7 aromatic carbocycles. The highest BCUT2D eigenvalue weighted by atomic mass is 32.1. The highest BCUT2D eigenvalue weighted by Crippen LogP contribution is 2.49. The van der Waals surface area contributed by atoms with Gasteiger partial charge in [0.05, 0.1) is 0 Å². The summed E-state index contributed by atoms with van der Waals surface area (Å²) in [5.41, 5.74) is 7.37. The lowest BCUT2D eigenvalue weighted by molar-refractivity contribution is 0.487. The Morgan fingerprint density at radius 3 is 2.00 bits per heavy atom. The number of rotatable bonds is 3. The van der Waals surface area contributed by atoms with Crippen molar-refractivity contribution >= 4 is 43.7 Å². The summed E-state index contributed by atoms with van der Waals surface area (Å²) in [5.74, 6) is 1.85. The Morgan fingerprint density at radius 2 is 1.07 bits per heavy atom. The zero-order chi connectivity index (χ0) is 27.6. The number of fused-ring (bicyclic) bond motifs is 5. The van der Waals surface area contributed by atoms with Crippen LogP contribution in [0.3, 0.4) is 0 Å². The summed E-state index contributed by atoms with van der Waals surface area (Å²) in [6.45, 7) is 0. The normalized spacial score (nSPS) is 12.0. The van der Waals surface area contributed by atoms with Crippen molar-refractivity contribution in [1.29, 1.82) is 0 Å². The second kappa shape index (κ2) is 9.17. The SMILES string of the molecule is c1ccc2c(c1)Oc1ccc(-c3ccc(-c4ccc(-c5cccc6c5ccc5ccccc56)cc4)s3)c3cccc-2c13. The summed E-state index contributed by atoms with van der Waals surface area (Å²) in [7, 11) is 0. The summed E-state index contributed by atoms with van der Waals surface area (Å²) in [6, 6.07) is 52.5. The van der Waals surface area contributed by atoms with E-state index in [0.717, 1.165) is 17.1 Å². The van der Waals surface area contributed by atoms with Crippen molar-refractivity contribution in [1.82, 2.24) is 0 Å². The third kappa shape index (κ3) is 3.56. The molecule has 0 fully saturated rings. The Labute approximate surface area is 247 Å². The molecule has 0 bridgehead atoms. The fourth-order valence-electron chi connectivity index (χ4n) is 6.54. The van der Waals surface area contributed by atoms with Crippen LogP contribution in [0.25, 0.3) is 75.5 Å². The molecule has 2 heteroatoms. The van der Waals surface area contributed by atoms with Gasteiger partial charge in [0, 0.05) is 20.7 Å². The molecule has 0 radical (unpaired) electrons. The van der Waals surface area contributed by atoms with Crippen LogP contribution in [0.1, 0.15) is 0 Å². The lowest BCUT2D eigenvalue weighted by Gasteiger charge is -2.22. The summed E-state index contributed by atoms with van der Waals surface area (Å²) >= 11 is 1.84. The molecule has 1 aliphatic heterocycles. The first-order valence-corrected chi connectivity index (χ1v) is 15.1. The monoisotopic (exact) mass is 552 g/mol. The quantitative estimate of drug-likeness (QED) is 0.198. The van der Waals surface area contributed by atoms with Crippen molar-refractivity contribution in [2.75, 3.05) is 0 Å². The van der Waals surface area contributed by atoms with Crippen LogP contribution in [-0.4, -0.2) is 0 Å². The molecule has 196 valence electrons. The molecule has 9 rings (SSSR count). The molecule has 0 amide bonds. The Bertz CT molecular complexity index is 2320. The predicted octanol–water partition coefficient (Wildman–Crippen LogP) is 12.0. The van der Waals surface area contributed by atoms with Crippen molar-refractivity contribution in [3.8, 4) is 54.6 Å². The molecule has 2 heterocycles. The highest BCUT2D eigenvalue weighted by molar-refractivity contribution is 7.18. The number of para-hydroxylation sites is 1.